The zero-order chi connectivity index (χ0) is 25.7. The minimum absolute atomic E-state index is 0.0234. The van der Waals surface area contributed by atoms with Crippen molar-refractivity contribution in [3.63, 3.8) is 0 Å². The van der Waals surface area contributed by atoms with Gasteiger partial charge in [-0.25, -0.2) is 18.7 Å². The van der Waals surface area contributed by atoms with Crippen LogP contribution in [-0.2, 0) is 10.9 Å². The molecule has 1 saturated heterocycles. The molecule has 7 nitrogen and oxygen atoms in total. The SMILES string of the molecule is Cc1cc(N)nc(-c2c(F)cc3cnc(OCC4(CN5CCOCC5)CC4)nc3c2F)c1C(F)(F)F. The van der Waals surface area contributed by atoms with E-state index < -0.39 is 34.6 Å². The number of hydrogen-bond acceptors (Lipinski definition) is 7. The molecule has 2 aliphatic rings. The molecule has 0 atom stereocenters. The summed E-state index contributed by atoms with van der Waals surface area (Å²) < 4.78 is 83.0. The maximum Gasteiger partial charge on any atom is 0.418 e. The number of nitrogens with two attached hydrogens (primary N) is 1. The van der Waals surface area contributed by atoms with Crippen LogP contribution in [0.4, 0.5) is 27.8 Å². The molecule has 1 aromatic carbocycles. The summed E-state index contributed by atoms with van der Waals surface area (Å²) in [6.07, 6.45) is -1.81. The standard InChI is InChI=1S/C24H24F5N5O2/c1-13-8-16(30)32-21(18(13)24(27,28)29)17-15(25)9-14-10-31-22(33-20(14)19(17)26)36-12-23(2-3-23)11-34-4-6-35-7-5-34/h8-10H,2-7,11-12H2,1H3,(H2,30,32). The molecular weight excluding hydrogens is 485 g/mol. The van der Waals surface area contributed by atoms with Gasteiger partial charge in [-0.3, -0.25) is 4.90 Å². The number of aromatic nitrogens is 3. The van der Waals surface area contributed by atoms with Crippen molar-refractivity contribution in [3.05, 3.63) is 41.1 Å². The molecule has 2 N–H and O–H groups in total. The van der Waals surface area contributed by atoms with Crippen LogP contribution in [0.25, 0.3) is 22.2 Å². The molecular formula is C24H24F5N5O2. The Kier molecular flexibility index (Phi) is 6.19. The molecule has 0 unspecified atom stereocenters. The Morgan fingerprint density at radius 2 is 1.86 bits per heavy atom. The lowest BCUT2D eigenvalue weighted by Gasteiger charge is -2.30. The number of morpholine rings is 1. The Bertz CT molecular complexity index is 1310. The van der Waals surface area contributed by atoms with E-state index >= 15 is 4.39 Å². The molecule has 0 spiro atoms. The first-order valence-electron chi connectivity index (χ1n) is 11.5. The fourth-order valence-corrected chi connectivity index (χ4v) is 4.59. The summed E-state index contributed by atoms with van der Waals surface area (Å²) >= 11 is 0. The van der Waals surface area contributed by atoms with Crippen molar-refractivity contribution in [1.82, 2.24) is 19.9 Å². The van der Waals surface area contributed by atoms with Gasteiger partial charge in [-0.15, -0.1) is 0 Å². The second kappa shape index (κ2) is 9.07. The number of rotatable bonds is 6. The van der Waals surface area contributed by atoms with Crippen LogP contribution in [0.3, 0.4) is 0 Å². The van der Waals surface area contributed by atoms with Crippen LogP contribution in [0.15, 0.2) is 18.3 Å². The van der Waals surface area contributed by atoms with E-state index in [1.54, 1.807) is 0 Å². The highest BCUT2D eigenvalue weighted by Crippen LogP contribution is 2.47. The lowest BCUT2D eigenvalue weighted by Crippen LogP contribution is -2.41. The fraction of sp³-hybridized carbons (Fsp3) is 0.458. The van der Waals surface area contributed by atoms with Gasteiger partial charge >= 0.3 is 12.2 Å². The molecule has 1 aliphatic carbocycles. The van der Waals surface area contributed by atoms with Crippen molar-refractivity contribution in [3.8, 4) is 17.3 Å². The van der Waals surface area contributed by atoms with E-state index in [4.69, 9.17) is 15.2 Å². The average Bonchev–Trinajstić information content (AvgIpc) is 3.56. The molecule has 1 aliphatic heterocycles. The highest BCUT2D eigenvalue weighted by molar-refractivity contribution is 5.85. The van der Waals surface area contributed by atoms with Crippen molar-refractivity contribution >= 4 is 16.7 Å². The molecule has 2 fully saturated rings. The minimum atomic E-state index is -4.91. The highest BCUT2D eigenvalue weighted by Gasteiger charge is 2.45. The van der Waals surface area contributed by atoms with Gasteiger partial charge in [0.25, 0.3) is 0 Å². The molecule has 2 aromatic heterocycles. The molecule has 3 heterocycles. The number of pyridine rings is 1. The molecule has 0 radical (unpaired) electrons. The first kappa shape index (κ1) is 24.6. The number of aryl methyl sites for hydroxylation is 1. The monoisotopic (exact) mass is 509 g/mol. The van der Waals surface area contributed by atoms with Crippen LogP contribution in [0.5, 0.6) is 6.01 Å². The van der Waals surface area contributed by atoms with E-state index in [0.717, 1.165) is 51.5 Å². The topological polar surface area (TPSA) is 86.4 Å². The number of halogens is 5. The number of benzene rings is 1. The quantitative estimate of drug-likeness (QED) is 0.494. The van der Waals surface area contributed by atoms with Crippen LogP contribution in [0.1, 0.15) is 24.0 Å². The van der Waals surface area contributed by atoms with E-state index in [0.29, 0.717) is 19.8 Å². The van der Waals surface area contributed by atoms with Crippen molar-refractivity contribution in [2.45, 2.75) is 25.9 Å². The Balaban J connectivity index is 1.47. The summed E-state index contributed by atoms with van der Waals surface area (Å²) in [7, 11) is 0. The average molecular weight is 509 g/mol. The zero-order valence-electron chi connectivity index (χ0n) is 19.5. The third-order valence-corrected chi connectivity index (χ3v) is 6.63. The Hall–Kier alpha value is -3.12. The Labute approximate surface area is 203 Å². The van der Waals surface area contributed by atoms with E-state index in [1.807, 2.05) is 0 Å². The summed E-state index contributed by atoms with van der Waals surface area (Å²) in [4.78, 5) is 14.0. The molecule has 192 valence electrons. The van der Waals surface area contributed by atoms with E-state index in [-0.39, 0.29) is 33.7 Å². The first-order valence-corrected chi connectivity index (χ1v) is 11.5. The summed E-state index contributed by atoms with van der Waals surface area (Å²) in [5.41, 5.74) is 1.73. The van der Waals surface area contributed by atoms with E-state index in [2.05, 4.69) is 19.9 Å². The number of anilines is 1. The van der Waals surface area contributed by atoms with Gasteiger partial charge < -0.3 is 15.2 Å². The molecule has 36 heavy (non-hydrogen) atoms. The van der Waals surface area contributed by atoms with Crippen molar-refractivity contribution in [2.75, 3.05) is 45.2 Å². The van der Waals surface area contributed by atoms with Crippen molar-refractivity contribution < 1.29 is 31.4 Å². The maximum absolute atomic E-state index is 15.6. The van der Waals surface area contributed by atoms with Gasteiger partial charge in [0, 0.05) is 36.6 Å². The van der Waals surface area contributed by atoms with E-state index in [1.165, 1.54) is 6.20 Å². The van der Waals surface area contributed by atoms with Gasteiger partial charge in [0.15, 0.2) is 5.82 Å². The van der Waals surface area contributed by atoms with Crippen molar-refractivity contribution in [1.29, 1.82) is 0 Å². The predicted molar refractivity (Wildman–Crippen MR) is 121 cm³/mol. The van der Waals surface area contributed by atoms with Gasteiger partial charge in [0.05, 0.1) is 36.6 Å². The third kappa shape index (κ3) is 4.79. The van der Waals surface area contributed by atoms with Gasteiger partial charge in [-0.1, -0.05) is 0 Å². The van der Waals surface area contributed by atoms with Crippen LogP contribution in [-0.4, -0.2) is 59.3 Å². The largest absolute Gasteiger partial charge is 0.463 e. The minimum Gasteiger partial charge on any atom is -0.463 e. The Morgan fingerprint density at radius 3 is 2.53 bits per heavy atom. The summed E-state index contributed by atoms with van der Waals surface area (Å²) in [5, 5.41) is -0.0234. The van der Waals surface area contributed by atoms with Gasteiger partial charge in [-0.2, -0.15) is 18.2 Å². The lowest BCUT2D eigenvalue weighted by atomic mass is 9.99. The molecule has 1 saturated carbocycles. The number of hydrogen-bond donors (Lipinski definition) is 1. The lowest BCUT2D eigenvalue weighted by molar-refractivity contribution is -0.137. The van der Waals surface area contributed by atoms with E-state index in [9.17, 15) is 17.6 Å². The molecule has 3 aromatic rings. The first-order chi connectivity index (χ1) is 17.1. The van der Waals surface area contributed by atoms with Crippen LogP contribution < -0.4 is 10.5 Å². The molecule has 5 rings (SSSR count). The smallest absolute Gasteiger partial charge is 0.418 e. The molecule has 12 heteroatoms. The maximum atomic E-state index is 15.6. The fourth-order valence-electron chi connectivity index (χ4n) is 4.59. The van der Waals surface area contributed by atoms with Gasteiger partial charge in [0.2, 0.25) is 0 Å². The summed E-state index contributed by atoms with van der Waals surface area (Å²) in [6.45, 7) is 5.32. The number of ether oxygens (including phenoxy) is 2. The normalized spacial score (nSPS) is 17.9. The number of fused-ring (bicyclic) bond motifs is 1. The number of alkyl halides is 3. The van der Waals surface area contributed by atoms with Gasteiger partial charge in [-0.05, 0) is 37.5 Å². The second-order valence-corrected chi connectivity index (χ2v) is 9.40. The van der Waals surface area contributed by atoms with Gasteiger partial charge in [0.1, 0.15) is 17.2 Å². The predicted octanol–water partition coefficient (Wildman–Crippen LogP) is 4.37. The Morgan fingerprint density at radius 1 is 1.14 bits per heavy atom. The summed E-state index contributed by atoms with van der Waals surface area (Å²) in [6, 6.07) is 1.74. The van der Waals surface area contributed by atoms with Crippen LogP contribution >= 0.6 is 0 Å². The summed E-state index contributed by atoms with van der Waals surface area (Å²) in [5.74, 6) is -2.83. The highest BCUT2D eigenvalue weighted by atomic mass is 19.4. The zero-order valence-corrected chi connectivity index (χ0v) is 19.5. The molecule has 0 amide bonds. The van der Waals surface area contributed by atoms with Crippen LogP contribution in [0, 0.1) is 24.0 Å². The number of nitrogen functional groups attached to an aromatic ring is 1. The third-order valence-electron chi connectivity index (χ3n) is 6.63. The number of nitrogens with zero attached hydrogens (tertiary/aromatic N) is 4. The molecule has 0 bridgehead atoms. The second-order valence-electron chi connectivity index (χ2n) is 9.40. The van der Waals surface area contributed by atoms with Crippen LogP contribution in [0.2, 0.25) is 0 Å². The van der Waals surface area contributed by atoms with Crippen molar-refractivity contribution in [2.24, 2.45) is 5.41 Å².